The molecule has 0 spiro atoms. The monoisotopic (exact) mass is 655 g/mol. The number of thiophene rings is 1. The highest BCUT2D eigenvalue weighted by Crippen LogP contribution is 2.47. The Hall–Kier alpha value is -4.94. The average molecular weight is 656 g/mol. The molecule has 0 N–H and O–H groups in total. The summed E-state index contributed by atoms with van der Waals surface area (Å²) in [6.45, 7) is 7.12. The van der Waals surface area contributed by atoms with Crippen LogP contribution in [0.25, 0.3) is 43.9 Å². The van der Waals surface area contributed by atoms with Crippen LogP contribution in [0, 0.1) is 11.6 Å². The molecule has 2 aromatic carbocycles. The van der Waals surface area contributed by atoms with Crippen molar-refractivity contribution in [3.8, 4) is 39.5 Å². The van der Waals surface area contributed by atoms with E-state index in [1.807, 2.05) is 47.3 Å². The largest absolute Gasteiger partial charge is 0.490 e. The van der Waals surface area contributed by atoms with Crippen molar-refractivity contribution in [3.63, 3.8) is 0 Å². The number of rotatable bonds is 8. The average Bonchev–Trinajstić information content (AvgIpc) is 3.77. The van der Waals surface area contributed by atoms with Gasteiger partial charge in [0.25, 0.3) is 5.91 Å². The van der Waals surface area contributed by atoms with Crippen molar-refractivity contribution in [3.05, 3.63) is 89.0 Å². The highest BCUT2D eigenvalue weighted by Gasteiger charge is 2.31. The molecule has 0 bridgehead atoms. The first-order chi connectivity index (χ1) is 22.7. The molecule has 2 aliphatic heterocycles. The van der Waals surface area contributed by atoms with Crippen LogP contribution in [-0.4, -0.2) is 69.8 Å². The lowest BCUT2D eigenvalue weighted by molar-refractivity contribution is -0.129. The van der Waals surface area contributed by atoms with Crippen LogP contribution in [0.3, 0.4) is 0 Å². The molecule has 5 heterocycles. The van der Waals surface area contributed by atoms with E-state index >= 15 is 4.39 Å². The summed E-state index contributed by atoms with van der Waals surface area (Å²) in [6.07, 6.45) is 1.30. The van der Waals surface area contributed by atoms with Crippen molar-refractivity contribution in [1.29, 1.82) is 0 Å². The fourth-order valence-corrected chi connectivity index (χ4v) is 7.31. The number of pyridine rings is 1. The minimum absolute atomic E-state index is 0.0180. The number of hydrogen-bond donors (Lipinski definition) is 0. The number of aromatic nitrogens is 3. The SMILES string of the molecule is C=CC(=O)N1Cc2cc(-c3nc(-c4ccc5c(c4)CN(C)C5=O)c4ccsc4c3-c3c(F)cc(F)cc3OCCOC)nn2CC1C. The van der Waals surface area contributed by atoms with Gasteiger partial charge >= 0.3 is 0 Å². The smallest absolute Gasteiger partial charge is 0.254 e. The zero-order chi connectivity index (χ0) is 33.0. The molecule has 3 aromatic heterocycles. The third kappa shape index (κ3) is 5.27. The van der Waals surface area contributed by atoms with Crippen LogP contribution >= 0.6 is 11.3 Å². The van der Waals surface area contributed by atoms with E-state index in [4.69, 9.17) is 19.6 Å². The lowest BCUT2D eigenvalue weighted by Crippen LogP contribution is -2.44. The van der Waals surface area contributed by atoms with E-state index in [0.717, 1.165) is 34.3 Å². The van der Waals surface area contributed by atoms with Crippen LogP contribution in [0.2, 0.25) is 0 Å². The molecule has 0 radical (unpaired) electrons. The molecule has 0 saturated carbocycles. The Bertz CT molecular complexity index is 2090. The van der Waals surface area contributed by atoms with Crippen LogP contribution in [0.15, 0.2) is 60.5 Å². The summed E-state index contributed by atoms with van der Waals surface area (Å²) in [6, 6.07) is 11.3. The Balaban J connectivity index is 1.48. The van der Waals surface area contributed by atoms with Gasteiger partial charge in [-0.15, -0.1) is 11.3 Å². The highest BCUT2D eigenvalue weighted by atomic mass is 32.1. The maximum atomic E-state index is 16.0. The van der Waals surface area contributed by atoms with E-state index < -0.39 is 11.6 Å². The number of halogens is 2. The lowest BCUT2D eigenvalue weighted by Gasteiger charge is -2.33. The Labute approximate surface area is 273 Å². The molecule has 0 fully saturated rings. The number of fused-ring (bicyclic) bond motifs is 3. The number of carbonyl (C=O) groups is 2. The van der Waals surface area contributed by atoms with Gasteiger partial charge in [0.05, 0.1) is 36.6 Å². The molecule has 12 heteroatoms. The zero-order valence-corrected chi connectivity index (χ0v) is 26.9. The van der Waals surface area contributed by atoms with Crippen LogP contribution in [-0.2, 0) is 29.2 Å². The van der Waals surface area contributed by atoms with Crippen molar-refractivity contribution in [2.24, 2.45) is 0 Å². The Morgan fingerprint density at radius 3 is 2.72 bits per heavy atom. The van der Waals surface area contributed by atoms with Gasteiger partial charge in [-0.1, -0.05) is 12.6 Å². The first-order valence-electron chi connectivity index (χ1n) is 15.1. The van der Waals surface area contributed by atoms with E-state index in [0.29, 0.717) is 52.5 Å². The van der Waals surface area contributed by atoms with Gasteiger partial charge in [0.2, 0.25) is 5.91 Å². The van der Waals surface area contributed by atoms with Gasteiger partial charge in [-0.3, -0.25) is 14.3 Å². The first kappa shape index (κ1) is 30.7. The second-order valence-electron chi connectivity index (χ2n) is 11.7. The standard InChI is InChI=1S/C35H31F2N5O4S/c1-5-29(43)41-18-23-15-27(39-42(23)16-19(41)2)33-31(30-26(37)13-22(36)14-28(30)46-10-9-45-4)34-25(8-11-47-34)32(38-33)20-6-7-24-21(12-20)17-40(3)35(24)44/h5-8,11-15,19H,1,9-10,16-18H2,2-4H3. The van der Waals surface area contributed by atoms with Gasteiger partial charge in [-0.05, 0) is 48.2 Å². The van der Waals surface area contributed by atoms with Crippen molar-refractivity contribution < 1.29 is 27.8 Å². The van der Waals surface area contributed by atoms with Crippen molar-refractivity contribution >= 4 is 33.2 Å². The minimum atomic E-state index is -0.803. The summed E-state index contributed by atoms with van der Waals surface area (Å²) in [5, 5.41) is 7.58. The maximum Gasteiger partial charge on any atom is 0.254 e. The van der Waals surface area contributed by atoms with Gasteiger partial charge < -0.3 is 19.3 Å². The number of nitrogens with zero attached hydrogens (tertiary/aromatic N) is 5. The summed E-state index contributed by atoms with van der Waals surface area (Å²) in [5.74, 6) is -1.78. The van der Waals surface area contributed by atoms with Crippen LogP contribution in [0.5, 0.6) is 5.75 Å². The number of methoxy groups -OCH3 is 1. The number of benzene rings is 2. The molecular formula is C35H31F2N5O4S. The predicted octanol–water partition coefficient (Wildman–Crippen LogP) is 6.30. The van der Waals surface area contributed by atoms with E-state index in [-0.39, 0.29) is 42.4 Å². The topological polar surface area (TPSA) is 89.8 Å². The van der Waals surface area contributed by atoms with Crippen LogP contribution in [0.1, 0.15) is 28.5 Å². The first-order valence-corrected chi connectivity index (χ1v) is 16.0. The van der Waals surface area contributed by atoms with E-state index in [1.165, 1.54) is 24.5 Å². The van der Waals surface area contributed by atoms with E-state index in [1.54, 1.807) is 16.8 Å². The minimum Gasteiger partial charge on any atom is -0.490 e. The summed E-state index contributed by atoms with van der Waals surface area (Å²) >= 11 is 1.40. The summed E-state index contributed by atoms with van der Waals surface area (Å²) in [7, 11) is 3.28. The molecule has 240 valence electrons. The molecule has 2 amide bonds. The Kier molecular flexibility index (Phi) is 7.85. The van der Waals surface area contributed by atoms with Crippen molar-refractivity contribution in [1.82, 2.24) is 24.6 Å². The summed E-state index contributed by atoms with van der Waals surface area (Å²) < 4.78 is 44.3. The predicted molar refractivity (Wildman–Crippen MR) is 175 cm³/mol. The van der Waals surface area contributed by atoms with Gasteiger partial charge in [-0.2, -0.15) is 5.10 Å². The van der Waals surface area contributed by atoms with Gasteiger partial charge in [0.1, 0.15) is 35.4 Å². The highest BCUT2D eigenvalue weighted by molar-refractivity contribution is 7.18. The molecule has 47 heavy (non-hydrogen) atoms. The fraction of sp³-hybridized carbons (Fsp3) is 0.257. The van der Waals surface area contributed by atoms with Gasteiger partial charge in [0.15, 0.2) is 0 Å². The van der Waals surface area contributed by atoms with Crippen LogP contribution < -0.4 is 4.74 Å². The van der Waals surface area contributed by atoms with Gasteiger partial charge in [-0.25, -0.2) is 13.8 Å². The Morgan fingerprint density at radius 1 is 1.11 bits per heavy atom. The fourth-order valence-electron chi connectivity index (χ4n) is 6.37. The molecule has 2 aliphatic rings. The second kappa shape index (κ2) is 12.0. The summed E-state index contributed by atoms with van der Waals surface area (Å²) in [4.78, 5) is 33.8. The zero-order valence-electron chi connectivity index (χ0n) is 26.0. The number of carbonyl (C=O) groups excluding carboxylic acids is 2. The molecule has 5 aromatic rings. The van der Waals surface area contributed by atoms with Gasteiger partial charge in [0, 0.05) is 65.7 Å². The maximum absolute atomic E-state index is 16.0. The second-order valence-corrected chi connectivity index (χ2v) is 12.6. The van der Waals surface area contributed by atoms with E-state index in [2.05, 4.69) is 6.58 Å². The van der Waals surface area contributed by atoms with Crippen LogP contribution in [0.4, 0.5) is 8.78 Å². The number of hydrogen-bond acceptors (Lipinski definition) is 7. The third-order valence-electron chi connectivity index (χ3n) is 8.65. The molecule has 9 nitrogen and oxygen atoms in total. The summed E-state index contributed by atoms with van der Waals surface area (Å²) in [5.41, 5.74) is 5.07. The molecule has 7 rings (SSSR count). The molecule has 0 saturated heterocycles. The Morgan fingerprint density at radius 2 is 1.94 bits per heavy atom. The number of ether oxygens (including phenoxy) is 2. The van der Waals surface area contributed by atoms with Crippen molar-refractivity contribution in [2.45, 2.75) is 32.6 Å². The third-order valence-corrected chi connectivity index (χ3v) is 9.58. The molecular weight excluding hydrogens is 624 g/mol. The lowest BCUT2D eigenvalue weighted by atomic mass is 9.95. The molecule has 1 unspecified atom stereocenters. The van der Waals surface area contributed by atoms with Crippen molar-refractivity contribution in [2.75, 3.05) is 27.4 Å². The normalized spacial score (nSPS) is 15.7. The quantitative estimate of drug-likeness (QED) is 0.144. The molecule has 0 aliphatic carbocycles. The molecule has 1 atom stereocenters. The number of amides is 2. The van der Waals surface area contributed by atoms with E-state index in [9.17, 15) is 14.0 Å².